The molecule has 1 aromatic carbocycles. The summed E-state index contributed by atoms with van der Waals surface area (Å²) in [7, 11) is 0. The number of anilines is 1. The molecule has 84 valence electrons. The number of hydrogen-bond donors (Lipinski definition) is 0. The Bertz CT molecular complexity index is 604. The SMILES string of the molecule is O=C1c2ccsc2C(=O)N1c1cccc(F)c1. The number of carbonyl (C=O) groups is 2. The Morgan fingerprint density at radius 1 is 1.12 bits per heavy atom. The summed E-state index contributed by atoms with van der Waals surface area (Å²) < 4.78 is 13.1. The molecular weight excluding hydrogens is 241 g/mol. The van der Waals surface area contributed by atoms with Gasteiger partial charge in [-0.25, -0.2) is 9.29 Å². The Kier molecular flexibility index (Phi) is 2.09. The molecule has 1 aliphatic rings. The monoisotopic (exact) mass is 247 g/mol. The minimum Gasteiger partial charge on any atom is -0.268 e. The lowest BCUT2D eigenvalue weighted by Crippen LogP contribution is -2.29. The molecule has 0 aliphatic carbocycles. The van der Waals surface area contributed by atoms with Crippen molar-refractivity contribution >= 4 is 28.8 Å². The van der Waals surface area contributed by atoms with E-state index < -0.39 is 11.7 Å². The molecular formula is C12H6FNO2S. The predicted octanol–water partition coefficient (Wildman–Crippen LogP) is 2.69. The van der Waals surface area contributed by atoms with Crippen LogP contribution in [0.5, 0.6) is 0 Å². The second kappa shape index (κ2) is 3.49. The van der Waals surface area contributed by atoms with Gasteiger partial charge in [0.1, 0.15) is 10.7 Å². The third-order valence-electron chi connectivity index (χ3n) is 2.56. The van der Waals surface area contributed by atoms with E-state index in [0.717, 1.165) is 4.90 Å². The van der Waals surface area contributed by atoms with Crippen LogP contribution in [0.15, 0.2) is 35.7 Å². The fourth-order valence-electron chi connectivity index (χ4n) is 1.81. The zero-order valence-corrected chi connectivity index (χ0v) is 9.33. The first-order chi connectivity index (χ1) is 8.18. The molecule has 2 aromatic rings. The summed E-state index contributed by atoms with van der Waals surface area (Å²) in [5.74, 6) is -1.25. The predicted molar refractivity (Wildman–Crippen MR) is 61.9 cm³/mol. The van der Waals surface area contributed by atoms with Gasteiger partial charge in [0, 0.05) is 0 Å². The minimum absolute atomic E-state index is 0.267. The van der Waals surface area contributed by atoms with Crippen molar-refractivity contribution in [2.24, 2.45) is 0 Å². The number of thiophene rings is 1. The summed E-state index contributed by atoms with van der Waals surface area (Å²) in [6, 6.07) is 7.06. The van der Waals surface area contributed by atoms with Crippen LogP contribution in [0.25, 0.3) is 0 Å². The molecule has 1 aromatic heterocycles. The average molecular weight is 247 g/mol. The molecule has 0 saturated heterocycles. The van der Waals surface area contributed by atoms with E-state index in [0.29, 0.717) is 10.4 Å². The molecule has 0 unspecified atom stereocenters. The van der Waals surface area contributed by atoms with Crippen LogP contribution < -0.4 is 4.90 Å². The van der Waals surface area contributed by atoms with Crippen molar-refractivity contribution in [3.05, 3.63) is 52.0 Å². The molecule has 0 bridgehead atoms. The molecule has 5 heteroatoms. The van der Waals surface area contributed by atoms with Gasteiger partial charge in [0.25, 0.3) is 11.8 Å². The highest BCUT2D eigenvalue weighted by Crippen LogP contribution is 2.31. The summed E-state index contributed by atoms with van der Waals surface area (Å²) >= 11 is 1.22. The molecule has 0 N–H and O–H groups in total. The summed E-state index contributed by atoms with van der Waals surface area (Å²) in [6.45, 7) is 0. The van der Waals surface area contributed by atoms with Gasteiger partial charge in [-0.2, -0.15) is 0 Å². The van der Waals surface area contributed by atoms with Crippen LogP contribution in [0.1, 0.15) is 20.0 Å². The molecule has 0 radical (unpaired) electrons. The van der Waals surface area contributed by atoms with E-state index in [4.69, 9.17) is 0 Å². The Hall–Kier alpha value is -2.01. The molecule has 3 nitrogen and oxygen atoms in total. The topological polar surface area (TPSA) is 37.4 Å². The maximum atomic E-state index is 13.1. The van der Waals surface area contributed by atoms with Gasteiger partial charge >= 0.3 is 0 Å². The number of fused-ring (bicyclic) bond motifs is 1. The lowest BCUT2D eigenvalue weighted by molar-refractivity contribution is 0.0927. The van der Waals surface area contributed by atoms with Crippen molar-refractivity contribution in [1.29, 1.82) is 0 Å². The van der Waals surface area contributed by atoms with Crippen molar-refractivity contribution in [2.75, 3.05) is 4.90 Å². The van der Waals surface area contributed by atoms with Gasteiger partial charge in [-0.1, -0.05) is 6.07 Å². The maximum Gasteiger partial charge on any atom is 0.276 e. The van der Waals surface area contributed by atoms with E-state index in [9.17, 15) is 14.0 Å². The van der Waals surface area contributed by atoms with Crippen LogP contribution in [-0.4, -0.2) is 11.8 Å². The largest absolute Gasteiger partial charge is 0.276 e. The van der Waals surface area contributed by atoms with E-state index in [1.54, 1.807) is 11.4 Å². The van der Waals surface area contributed by atoms with E-state index in [-0.39, 0.29) is 11.6 Å². The Labute approximate surface area is 100 Å². The van der Waals surface area contributed by atoms with Gasteiger partial charge in [0.05, 0.1) is 11.3 Å². The summed E-state index contributed by atoms with van der Waals surface area (Å²) in [6.07, 6.45) is 0. The number of benzene rings is 1. The Balaban J connectivity index is 2.10. The van der Waals surface area contributed by atoms with Crippen molar-refractivity contribution in [3.8, 4) is 0 Å². The van der Waals surface area contributed by atoms with E-state index in [1.165, 1.54) is 35.6 Å². The first-order valence-corrected chi connectivity index (χ1v) is 5.78. The van der Waals surface area contributed by atoms with Crippen LogP contribution in [0.4, 0.5) is 10.1 Å². The number of nitrogens with zero attached hydrogens (tertiary/aromatic N) is 1. The summed E-state index contributed by atoms with van der Waals surface area (Å²) in [5.41, 5.74) is 0.660. The normalized spacial score (nSPS) is 14.3. The second-order valence-electron chi connectivity index (χ2n) is 3.59. The number of halogens is 1. The standard InChI is InChI=1S/C12H6FNO2S/c13-7-2-1-3-8(6-7)14-11(15)9-4-5-17-10(9)12(14)16/h1-6H. The number of imide groups is 1. The van der Waals surface area contributed by atoms with Gasteiger partial charge < -0.3 is 0 Å². The smallest absolute Gasteiger partial charge is 0.268 e. The number of amides is 2. The van der Waals surface area contributed by atoms with Crippen molar-refractivity contribution in [2.45, 2.75) is 0 Å². The highest BCUT2D eigenvalue weighted by atomic mass is 32.1. The molecule has 0 saturated carbocycles. The molecule has 0 atom stereocenters. The van der Waals surface area contributed by atoms with Gasteiger partial charge in [0.15, 0.2) is 0 Å². The second-order valence-corrected chi connectivity index (χ2v) is 4.51. The van der Waals surface area contributed by atoms with E-state index in [1.807, 2.05) is 0 Å². The third-order valence-corrected chi connectivity index (χ3v) is 3.46. The zero-order chi connectivity index (χ0) is 12.0. The Morgan fingerprint density at radius 2 is 1.94 bits per heavy atom. The van der Waals surface area contributed by atoms with E-state index >= 15 is 0 Å². The highest BCUT2D eigenvalue weighted by Gasteiger charge is 2.37. The van der Waals surface area contributed by atoms with Gasteiger partial charge in [0.2, 0.25) is 0 Å². The quantitative estimate of drug-likeness (QED) is 0.726. The number of carbonyl (C=O) groups excluding carboxylic acids is 2. The van der Waals surface area contributed by atoms with E-state index in [2.05, 4.69) is 0 Å². The summed E-state index contributed by atoms with van der Waals surface area (Å²) in [5, 5.41) is 1.70. The van der Waals surface area contributed by atoms with Crippen molar-refractivity contribution in [1.82, 2.24) is 0 Å². The molecule has 2 heterocycles. The fraction of sp³-hybridized carbons (Fsp3) is 0. The summed E-state index contributed by atoms with van der Waals surface area (Å²) in [4.78, 5) is 25.4. The molecule has 0 spiro atoms. The maximum absolute atomic E-state index is 13.1. The van der Waals surface area contributed by atoms with Crippen LogP contribution in [0.2, 0.25) is 0 Å². The molecule has 0 fully saturated rings. The van der Waals surface area contributed by atoms with Crippen LogP contribution >= 0.6 is 11.3 Å². The van der Waals surface area contributed by atoms with Crippen LogP contribution in [0.3, 0.4) is 0 Å². The van der Waals surface area contributed by atoms with Crippen molar-refractivity contribution in [3.63, 3.8) is 0 Å². The lowest BCUT2D eigenvalue weighted by atomic mass is 10.2. The minimum atomic E-state index is -0.474. The van der Waals surface area contributed by atoms with Gasteiger partial charge in [-0.3, -0.25) is 9.59 Å². The van der Waals surface area contributed by atoms with Crippen LogP contribution in [0, 0.1) is 5.82 Å². The molecule has 2 amide bonds. The van der Waals surface area contributed by atoms with Crippen LogP contribution in [-0.2, 0) is 0 Å². The third kappa shape index (κ3) is 1.39. The average Bonchev–Trinajstić information content (AvgIpc) is 2.84. The molecule has 1 aliphatic heterocycles. The van der Waals surface area contributed by atoms with Gasteiger partial charge in [-0.15, -0.1) is 11.3 Å². The number of rotatable bonds is 1. The molecule has 17 heavy (non-hydrogen) atoms. The first-order valence-electron chi connectivity index (χ1n) is 4.90. The lowest BCUT2D eigenvalue weighted by Gasteiger charge is -2.13. The fourth-order valence-corrected chi connectivity index (χ4v) is 2.62. The number of hydrogen-bond acceptors (Lipinski definition) is 3. The molecule has 3 rings (SSSR count). The van der Waals surface area contributed by atoms with Gasteiger partial charge in [-0.05, 0) is 29.6 Å². The van der Waals surface area contributed by atoms with Crippen molar-refractivity contribution < 1.29 is 14.0 Å². The zero-order valence-electron chi connectivity index (χ0n) is 8.51. The Morgan fingerprint density at radius 3 is 2.65 bits per heavy atom. The first kappa shape index (κ1) is 10.2. The highest BCUT2D eigenvalue weighted by molar-refractivity contribution is 7.13.